The van der Waals surface area contributed by atoms with Crippen molar-refractivity contribution in [1.82, 2.24) is 20.2 Å². The van der Waals surface area contributed by atoms with Crippen LogP contribution in [0.3, 0.4) is 0 Å². The molecule has 1 aromatic carbocycles. The number of carbonyl (C=O) groups excluding carboxylic acids is 1. The number of carbonyl (C=O) groups is 1. The van der Waals surface area contributed by atoms with Crippen LogP contribution in [0.4, 0.5) is 0 Å². The number of para-hydroxylation sites is 1. The minimum absolute atomic E-state index is 0.0465. The quantitative estimate of drug-likeness (QED) is 0.511. The van der Waals surface area contributed by atoms with E-state index in [-0.39, 0.29) is 17.4 Å². The molecule has 9 heteroatoms. The maximum Gasteiger partial charge on any atom is 0.244 e. The van der Waals surface area contributed by atoms with Gasteiger partial charge in [-0.3, -0.25) is 9.78 Å². The fraction of sp³-hybridized carbons (Fsp3) is 0.200. The Morgan fingerprint density at radius 3 is 2.62 bits per heavy atom. The Morgan fingerprint density at radius 1 is 1.17 bits per heavy atom. The van der Waals surface area contributed by atoms with Crippen LogP contribution in [0.1, 0.15) is 12.0 Å². The van der Waals surface area contributed by atoms with Crippen molar-refractivity contribution in [2.24, 2.45) is 11.0 Å². The Balaban J connectivity index is 1.58. The summed E-state index contributed by atoms with van der Waals surface area (Å²) in [6.45, 7) is 0. The first-order chi connectivity index (χ1) is 14.0. The van der Waals surface area contributed by atoms with Crippen molar-refractivity contribution in [2.45, 2.75) is 6.42 Å². The highest BCUT2D eigenvalue weighted by molar-refractivity contribution is 7.91. The van der Waals surface area contributed by atoms with Crippen molar-refractivity contribution in [1.29, 1.82) is 0 Å². The van der Waals surface area contributed by atoms with E-state index in [9.17, 15) is 13.2 Å². The number of rotatable bonds is 5. The van der Waals surface area contributed by atoms with Crippen molar-refractivity contribution in [3.8, 4) is 16.9 Å². The minimum Gasteiger partial charge on any atom is -0.273 e. The standard InChI is InChI=1S/C20H19N5O3S/c26-20(16-8-11-29(27,28)14-16)23-22-12-17-13-25(18-4-2-1-3-5-18)24-19(17)15-6-9-21-10-7-15/h1-7,9-10,12-13,16H,8,11,14H2,(H,23,26)/b22-12-/t16-/m0/s1. The van der Waals surface area contributed by atoms with Gasteiger partial charge in [-0.2, -0.15) is 10.2 Å². The van der Waals surface area contributed by atoms with Crippen molar-refractivity contribution in [3.63, 3.8) is 0 Å². The van der Waals surface area contributed by atoms with E-state index >= 15 is 0 Å². The smallest absolute Gasteiger partial charge is 0.244 e. The number of nitrogens with one attached hydrogen (secondary N) is 1. The minimum atomic E-state index is -3.12. The van der Waals surface area contributed by atoms with E-state index in [1.165, 1.54) is 6.21 Å². The van der Waals surface area contributed by atoms with Gasteiger partial charge in [0.15, 0.2) is 9.84 Å². The number of nitrogens with zero attached hydrogens (tertiary/aromatic N) is 4. The SMILES string of the molecule is O=C(N/N=C\c1cn(-c2ccccc2)nc1-c1ccncc1)[C@H]1CCS(=O)(=O)C1. The third-order valence-electron chi connectivity index (χ3n) is 4.70. The van der Waals surface area contributed by atoms with E-state index in [2.05, 4.69) is 20.6 Å². The van der Waals surface area contributed by atoms with Gasteiger partial charge in [-0.1, -0.05) is 18.2 Å². The number of benzene rings is 1. The van der Waals surface area contributed by atoms with Crippen LogP contribution >= 0.6 is 0 Å². The zero-order valence-corrected chi connectivity index (χ0v) is 16.3. The number of amides is 1. The summed E-state index contributed by atoms with van der Waals surface area (Å²) in [5.74, 6) is -1.01. The van der Waals surface area contributed by atoms with Crippen LogP contribution in [0.5, 0.6) is 0 Å². The maximum absolute atomic E-state index is 12.2. The molecule has 4 rings (SSSR count). The Bertz CT molecular complexity index is 1140. The molecule has 148 valence electrons. The Labute approximate surface area is 168 Å². The fourth-order valence-corrected chi connectivity index (χ4v) is 4.93. The zero-order chi connectivity index (χ0) is 20.3. The molecule has 0 spiro atoms. The second-order valence-electron chi connectivity index (χ2n) is 6.78. The molecule has 1 fully saturated rings. The predicted octanol–water partition coefficient (Wildman–Crippen LogP) is 1.82. The molecule has 0 aliphatic carbocycles. The lowest BCUT2D eigenvalue weighted by molar-refractivity contribution is -0.124. The van der Waals surface area contributed by atoms with E-state index in [0.29, 0.717) is 17.7 Å². The molecule has 0 saturated carbocycles. The molecule has 1 atom stereocenters. The van der Waals surface area contributed by atoms with Crippen LogP contribution in [-0.4, -0.2) is 46.8 Å². The molecular formula is C20H19N5O3S. The van der Waals surface area contributed by atoms with Crippen LogP contribution in [0.2, 0.25) is 0 Å². The first kappa shape index (κ1) is 19.0. The summed E-state index contributed by atoms with van der Waals surface area (Å²) < 4.78 is 24.8. The summed E-state index contributed by atoms with van der Waals surface area (Å²) in [7, 11) is -3.12. The third-order valence-corrected chi connectivity index (χ3v) is 6.47. The molecule has 29 heavy (non-hydrogen) atoms. The summed E-state index contributed by atoms with van der Waals surface area (Å²) in [5, 5.41) is 8.69. The van der Waals surface area contributed by atoms with Gasteiger partial charge < -0.3 is 0 Å². The van der Waals surface area contributed by atoms with Gasteiger partial charge in [0.1, 0.15) is 5.69 Å². The second-order valence-corrected chi connectivity index (χ2v) is 9.01. The zero-order valence-electron chi connectivity index (χ0n) is 15.5. The summed E-state index contributed by atoms with van der Waals surface area (Å²) in [5.41, 5.74) is 5.61. The van der Waals surface area contributed by atoms with Gasteiger partial charge in [0.2, 0.25) is 5.91 Å². The van der Waals surface area contributed by atoms with Gasteiger partial charge >= 0.3 is 0 Å². The van der Waals surface area contributed by atoms with Crippen molar-refractivity contribution >= 4 is 22.0 Å². The van der Waals surface area contributed by atoms with Gasteiger partial charge in [-0.05, 0) is 30.7 Å². The van der Waals surface area contributed by atoms with Gasteiger partial charge in [-0.15, -0.1) is 0 Å². The molecule has 1 N–H and O–H groups in total. The number of hydrogen-bond donors (Lipinski definition) is 1. The predicted molar refractivity (Wildman–Crippen MR) is 109 cm³/mol. The van der Waals surface area contributed by atoms with Crippen LogP contribution in [0.25, 0.3) is 16.9 Å². The lowest BCUT2D eigenvalue weighted by Gasteiger charge is -2.04. The summed E-state index contributed by atoms with van der Waals surface area (Å²) >= 11 is 0. The molecule has 3 heterocycles. The van der Waals surface area contributed by atoms with Crippen LogP contribution < -0.4 is 5.43 Å². The van der Waals surface area contributed by atoms with E-state index < -0.39 is 15.8 Å². The molecule has 3 aromatic rings. The molecular weight excluding hydrogens is 390 g/mol. The average Bonchev–Trinajstić information content (AvgIpc) is 3.32. The highest BCUT2D eigenvalue weighted by Crippen LogP contribution is 2.22. The normalized spacial score (nSPS) is 18.1. The topological polar surface area (TPSA) is 106 Å². The van der Waals surface area contributed by atoms with E-state index in [1.807, 2.05) is 48.7 Å². The lowest BCUT2D eigenvalue weighted by Crippen LogP contribution is -2.27. The van der Waals surface area contributed by atoms with Crippen molar-refractivity contribution < 1.29 is 13.2 Å². The number of pyridine rings is 1. The molecule has 0 bridgehead atoms. The summed E-state index contributed by atoms with van der Waals surface area (Å²) in [4.78, 5) is 16.2. The maximum atomic E-state index is 12.2. The second kappa shape index (κ2) is 7.96. The highest BCUT2D eigenvalue weighted by atomic mass is 32.2. The summed E-state index contributed by atoms with van der Waals surface area (Å²) in [6, 6.07) is 13.3. The molecule has 1 aliphatic rings. The molecule has 1 saturated heterocycles. The number of hydrogen-bond acceptors (Lipinski definition) is 6. The third kappa shape index (κ3) is 4.40. The lowest BCUT2D eigenvalue weighted by atomic mass is 10.1. The van der Waals surface area contributed by atoms with Crippen LogP contribution in [-0.2, 0) is 14.6 Å². The van der Waals surface area contributed by atoms with Crippen molar-refractivity contribution in [2.75, 3.05) is 11.5 Å². The molecule has 1 amide bonds. The average molecular weight is 409 g/mol. The van der Waals surface area contributed by atoms with E-state index in [0.717, 1.165) is 11.3 Å². The molecule has 8 nitrogen and oxygen atoms in total. The van der Waals surface area contributed by atoms with Crippen molar-refractivity contribution in [3.05, 3.63) is 66.6 Å². The first-order valence-electron chi connectivity index (χ1n) is 9.11. The highest BCUT2D eigenvalue weighted by Gasteiger charge is 2.32. The van der Waals surface area contributed by atoms with E-state index in [1.54, 1.807) is 17.1 Å². The van der Waals surface area contributed by atoms with Gasteiger partial charge in [-0.25, -0.2) is 18.5 Å². The fourth-order valence-electron chi connectivity index (χ4n) is 3.19. The molecule has 1 aliphatic heterocycles. The Hall–Kier alpha value is -3.33. The number of sulfone groups is 1. The number of hydrazone groups is 1. The Kier molecular flexibility index (Phi) is 5.22. The Morgan fingerprint density at radius 2 is 1.93 bits per heavy atom. The summed E-state index contributed by atoms with van der Waals surface area (Å²) in [6.07, 6.45) is 7.03. The number of aromatic nitrogens is 3. The molecule has 0 radical (unpaired) electrons. The monoisotopic (exact) mass is 409 g/mol. The molecule has 2 aromatic heterocycles. The first-order valence-corrected chi connectivity index (χ1v) is 10.9. The van der Waals surface area contributed by atoms with Crippen LogP contribution in [0, 0.1) is 5.92 Å². The molecule has 0 unspecified atom stereocenters. The van der Waals surface area contributed by atoms with Gasteiger partial charge in [0, 0.05) is 29.7 Å². The van der Waals surface area contributed by atoms with E-state index in [4.69, 9.17) is 0 Å². The van der Waals surface area contributed by atoms with Gasteiger partial charge in [0.05, 0.1) is 29.3 Å². The van der Waals surface area contributed by atoms with Gasteiger partial charge in [0.25, 0.3) is 0 Å². The van der Waals surface area contributed by atoms with Crippen LogP contribution in [0.15, 0.2) is 66.2 Å². The largest absolute Gasteiger partial charge is 0.273 e.